The quantitative estimate of drug-likeness (QED) is 0.248. The van der Waals surface area contributed by atoms with E-state index in [0.29, 0.717) is 43.9 Å². The Morgan fingerprint density at radius 2 is 1.00 bits per heavy atom. The van der Waals surface area contributed by atoms with Gasteiger partial charge in [-0.25, -0.2) is 16.8 Å². The van der Waals surface area contributed by atoms with Crippen LogP contribution in [0.2, 0.25) is 0 Å². The Hall–Kier alpha value is -1.64. The molecule has 0 aromatic heterocycles. The molecule has 1 aromatic rings. The highest BCUT2D eigenvalue weighted by atomic mass is 32.2. The normalized spacial score (nSPS) is 13.6. The number of alkyl halides is 5. The Kier molecular flexibility index (Phi) is 10.8. The van der Waals surface area contributed by atoms with Gasteiger partial charge < -0.3 is 0 Å². The molecule has 7 nitrogen and oxygen atoms in total. The summed E-state index contributed by atoms with van der Waals surface area (Å²) in [6.07, 6.45) is -4.83. The maximum atomic E-state index is 13.9. The van der Waals surface area contributed by atoms with Gasteiger partial charge in [0.2, 0.25) is 25.8 Å². The van der Waals surface area contributed by atoms with E-state index >= 15 is 0 Å². The maximum Gasteiger partial charge on any atom is 0.461 e. The Balaban J connectivity index is 3.93. The first-order valence-electron chi connectivity index (χ1n) is 11.2. The van der Waals surface area contributed by atoms with E-state index in [2.05, 4.69) is 0 Å². The molecule has 202 valence electrons. The first kappa shape index (κ1) is 31.4. The molecule has 0 heterocycles. The number of rotatable bonds is 14. The van der Waals surface area contributed by atoms with Crippen LogP contribution in [0, 0.1) is 0 Å². The number of carbonyl (C=O) groups excluding carboxylic acids is 1. The molecule has 0 spiro atoms. The van der Waals surface area contributed by atoms with Gasteiger partial charge in [-0.05, 0) is 43.9 Å². The molecule has 14 heteroatoms. The molecule has 0 unspecified atom stereocenters. The topological polar surface area (TPSA) is 91.8 Å². The number of Topliss-reactive ketones (excluding diaryl/α,β-unsaturated/α-hetero) is 1. The predicted molar refractivity (Wildman–Crippen MR) is 120 cm³/mol. The summed E-state index contributed by atoms with van der Waals surface area (Å²) in [7, 11) is -9.05. The summed E-state index contributed by atoms with van der Waals surface area (Å²) < 4.78 is 121. The van der Waals surface area contributed by atoms with Gasteiger partial charge in [0.05, 0.1) is 9.79 Å². The van der Waals surface area contributed by atoms with Gasteiger partial charge in [-0.3, -0.25) is 4.79 Å². The van der Waals surface area contributed by atoms with E-state index in [1.807, 2.05) is 0 Å². The molecule has 0 bridgehead atoms. The summed E-state index contributed by atoms with van der Waals surface area (Å²) in [6.45, 7) is 6.66. The van der Waals surface area contributed by atoms with Crippen molar-refractivity contribution in [2.24, 2.45) is 0 Å². The summed E-state index contributed by atoms with van der Waals surface area (Å²) in [5.41, 5.74) is -1.37. The smallest absolute Gasteiger partial charge is 0.287 e. The van der Waals surface area contributed by atoms with E-state index in [1.165, 1.54) is 0 Å². The zero-order valence-electron chi connectivity index (χ0n) is 20.0. The van der Waals surface area contributed by atoms with E-state index in [4.69, 9.17) is 0 Å². The minimum atomic E-state index is -6.26. The molecule has 0 amide bonds. The van der Waals surface area contributed by atoms with Crippen LogP contribution in [0.1, 0.15) is 63.7 Å². The molecule has 0 aliphatic rings. The van der Waals surface area contributed by atoms with Crippen LogP contribution in [0.15, 0.2) is 28.0 Å². The predicted octanol–water partition coefficient (Wildman–Crippen LogP) is 4.69. The SMILES string of the molecule is CCCN(CCC)S(=O)(=O)c1cc(C(=O)C(F)(F)C(F)(F)F)cc(S(=O)(=O)N(CCC)CCC)c1. The van der Waals surface area contributed by atoms with Gasteiger partial charge in [-0.2, -0.15) is 30.6 Å². The van der Waals surface area contributed by atoms with Crippen molar-refractivity contribution in [2.75, 3.05) is 26.2 Å². The third kappa shape index (κ3) is 6.98. The van der Waals surface area contributed by atoms with E-state index in [9.17, 15) is 43.6 Å². The van der Waals surface area contributed by atoms with Crippen LogP contribution in [-0.4, -0.2) is 69.5 Å². The van der Waals surface area contributed by atoms with Crippen molar-refractivity contribution in [3.63, 3.8) is 0 Å². The Morgan fingerprint density at radius 1 is 0.686 bits per heavy atom. The summed E-state index contributed by atoms with van der Waals surface area (Å²) in [6, 6.07) is 1.45. The minimum Gasteiger partial charge on any atom is -0.287 e. The number of hydrogen-bond acceptors (Lipinski definition) is 5. The van der Waals surface area contributed by atoms with Crippen molar-refractivity contribution in [1.29, 1.82) is 0 Å². The lowest BCUT2D eigenvalue weighted by molar-refractivity contribution is -0.255. The van der Waals surface area contributed by atoms with Crippen molar-refractivity contribution < 1.29 is 43.6 Å². The van der Waals surface area contributed by atoms with Gasteiger partial charge in [0, 0.05) is 31.7 Å². The highest BCUT2D eigenvalue weighted by Gasteiger charge is 2.63. The van der Waals surface area contributed by atoms with Crippen molar-refractivity contribution in [1.82, 2.24) is 8.61 Å². The number of carbonyl (C=O) groups is 1. The first-order chi connectivity index (χ1) is 16.0. The second-order valence-corrected chi connectivity index (χ2v) is 11.8. The largest absolute Gasteiger partial charge is 0.461 e. The highest BCUT2D eigenvalue weighted by molar-refractivity contribution is 7.90. The first-order valence-corrected chi connectivity index (χ1v) is 14.0. The summed E-state index contributed by atoms with van der Waals surface area (Å²) >= 11 is 0. The second kappa shape index (κ2) is 12.1. The summed E-state index contributed by atoms with van der Waals surface area (Å²) in [5.74, 6) is -8.59. The third-order valence-corrected chi connectivity index (χ3v) is 8.70. The van der Waals surface area contributed by atoms with Gasteiger partial charge >= 0.3 is 12.1 Å². The van der Waals surface area contributed by atoms with Crippen molar-refractivity contribution in [3.8, 4) is 0 Å². The highest BCUT2D eigenvalue weighted by Crippen LogP contribution is 2.39. The molecule has 1 aromatic carbocycles. The number of nitrogens with zero attached hydrogens (tertiary/aromatic N) is 2. The Morgan fingerprint density at radius 3 is 1.26 bits per heavy atom. The van der Waals surface area contributed by atoms with Crippen LogP contribution in [0.25, 0.3) is 0 Å². The average Bonchev–Trinajstić information content (AvgIpc) is 2.77. The lowest BCUT2D eigenvalue weighted by atomic mass is 10.1. The molecule has 0 atom stereocenters. The van der Waals surface area contributed by atoms with E-state index in [-0.39, 0.29) is 26.2 Å². The van der Waals surface area contributed by atoms with Gasteiger partial charge in [0.15, 0.2) is 0 Å². The number of sulfonamides is 2. The fraction of sp³-hybridized carbons (Fsp3) is 0.667. The third-order valence-electron chi connectivity index (χ3n) is 4.95. The van der Waals surface area contributed by atoms with Crippen molar-refractivity contribution in [2.45, 2.75) is 75.3 Å². The van der Waals surface area contributed by atoms with Gasteiger partial charge in [-0.1, -0.05) is 27.7 Å². The number of benzene rings is 1. The standard InChI is InChI=1S/C21H31F5N2O5S2/c1-5-9-27(10-6-2)34(30,31)17-13-16(19(29)20(22,23)21(24,25)26)14-18(15-17)35(32,33)28(11-7-3)12-8-4/h13-15H,5-12H2,1-4H3. The molecule has 0 saturated heterocycles. The van der Waals surface area contributed by atoms with E-state index in [1.54, 1.807) is 27.7 Å². The second-order valence-electron chi connectivity index (χ2n) is 7.90. The van der Waals surface area contributed by atoms with E-state index < -0.39 is 53.3 Å². The van der Waals surface area contributed by atoms with Gasteiger partial charge in [0.25, 0.3) is 0 Å². The zero-order valence-corrected chi connectivity index (χ0v) is 21.7. The average molecular weight is 551 g/mol. The van der Waals surface area contributed by atoms with Gasteiger partial charge in [0.1, 0.15) is 0 Å². The number of ketones is 1. The zero-order chi connectivity index (χ0) is 27.2. The Bertz CT molecular complexity index is 1010. The van der Waals surface area contributed by atoms with Gasteiger partial charge in [-0.15, -0.1) is 0 Å². The van der Waals surface area contributed by atoms with Crippen molar-refractivity contribution in [3.05, 3.63) is 23.8 Å². The molecule has 1 rings (SSSR count). The Labute approximate surface area is 203 Å². The van der Waals surface area contributed by atoms with Crippen LogP contribution in [-0.2, 0) is 20.0 Å². The van der Waals surface area contributed by atoms with Crippen LogP contribution in [0.3, 0.4) is 0 Å². The molecule has 35 heavy (non-hydrogen) atoms. The monoisotopic (exact) mass is 550 g/mol. The van der Waals surface area contributed by atoms with Crippen LogP contribution in [0.4, 0.5) is 22.0 Å². The minimum absolute atomic E-state index is 0.00701. The maximum absolute atomic E-state index is 13.9. The molecular formula is C21H31F5N2O5S2. The fourth-order valence-electron chi connectivity index (χ4n) is 3.31. The molecule has 0 radical (unpaired) electrons. The molecule has 0 N–H and O–H groups in total. The van der Waals surface area contributed by atoms with E-state index in [0.717, 1.165) is 8.61 Å². The van der Waals surface area contributed by atoms with Crippen LogP contribution >= 0.6 is 0 Å². The lowest BCUT2D eigenvalue weighted by Crippen LogP contribution is -2.44. The summed E-state index contributed by atoms with van der Waals surface area (Å²) in [5, 5.41) is 0. The molecular weight excluding hydrogens is 519 g/mol. The molecule has 0 saturated carbocycles. The molecule has 0 fully saturated rings. The number of hydrogen-bond donors (Lipinski definition) is 0. The molecule has 0 aliphatic carbocycles. The van der Waals surface area contributed by atoms with Crippen LogP contribution < -0.4 is 0 Å². The van der Waals surface area contributed by atoms with Crippen molar-refractivity contribution >= 4 is 25.8 Å². The fourth-order valence-corrected chi connectivity index (χ4v) is 6.78. The lowest BCUT2D eigenvalue weighted by Gasteiger charge is -2.24. The molecule has 0 aliphatic heterocycles. The van der Waals surface area contributed by atoms with Crippen LogP contribution in [0.5, 0.6) is 0 Å². The summed E-state index contributed by atoms with van der Waals surface area (Å²) in [4.78, 5) is 10.5. The number of halogens is 5.